The maximum Gasteiger partial charge on any atom is 0.358 e. The smallest absolute Gasteiger partial charge is 0.358 e. The van der Waals surface area contributed by atoms with Crippen LogP contribution in [-0.4, -0.2) is 23.9 Å². The largest absolute Gasteiger partial charge is 0.464 e. The molecule has 46 valence electrons. The Morgan fingerprint density at radius 2 is 2.38 bits per heavy atom. The second-order valence-electron chi connectivity index (χ2n) is 1.00. The molecule has 0 atom stereocenters. The van der Waals surface area contributed by atoms with Crippen molar-refractivity contribution in [2.75, 3.05) is 7.11 Å². The molecule has 0 aliphatic heterocycles. The van der Waals surface area contributed by atoms with Crippen molar-refractivity contribution in [2.45, 2.75) is 0 Å². The highest BCUT2D eigenvalue weighted by Crippen LogP contribution is 1.73. The Hall–Kier alpha value is -0.610. The zero-order valence-electron chi connectivity index (χ0n) is 4.51. The average Bonchev–Trinajstić information content (AvgIpc) is 1.84. The molecule has 0 saturated heterocycles. The molecule has 0 fully saturated rings. The van der Waals surface area contributed by atoms with E-state index in [1.807, 2.05) is 0 Å². The standard InChI is InChI=1S/C4H7NO2S/c1-7-4(6)3(5)8-2/h2,5H2,1H3. The van der Waals surface area contributed by atoms with Crippen LogP contribution in [0.25, 0.3) is 0 Å². The SMILES string of the molecule is C=S=C(N)C(=O)OC. The second kappa shape index (κ2) is 3.40. The first-order chi connectivity index (χ1) is 3.72. The van der Waals surface area contributed by atoms with E-state index in [-0.39, 0.29) is 4.99 Å². The summed E-state index contributed by atoms with van der Waals surface area (Å²) >= 11 is 0. The lowest BCUT2D eigenvalue weighted by molar-refractivity contribution is -0.132. The fourth-order valence-electron chi connectivity index (χ4n) is 0.160. The van der Waals surface area contributed by atoms with E-state index in [1.165, 1.54) is 7.11 Å². The molecule has 0 amide bonds. The molecular formula is C4H7NO2S. The normalized spacial score (nSPS) is 7.75. The minimum atomic E-state index is -0.523. The number of methoxy groups -OCH3 is 1. The van der Waals surface area contributed by atoms with Gasteiger partial charge in [0.25, 0.3) is 0 Å². The summed E-state index contributed by atoms with van der Waals surface area (Å²) in [5, 5.41) is 0. The van der Waals surface area contributed by atoms with Crippen molar-refractivity contribution in [3.05, 3.63) is 0 Å². The van der Waals surface area contributed by atoms with E-state index in [0.29, 0.717) is 0 Å². The number of hydrogen-bond acceptors (Lipinski definition) is 2. The lowest BCUT2D eigenvalue weighted by atomic mass is 10.7. The molecule has 0 aliphatic carbocycles. The van der Waals surface area contributed by atoms with Crippen molar-refractivity contribution >= 4 is 27.8 Å². The van der Waals surface area contributed by atoms with E-state index in [1.54, 1.807) is 0 Å². The van der Waals surface area contributed by atoms with Gasteiger partial charge in [0, 0.05) is 0 Å². The fraction of sp³-hybridized carbons (Fsp3) is 0.250. The summed E-state index contributed by atoms with van der Waals surface area (Å²) in [6.07, 6.45) is 0. The van der Waals surface area contributed by atoms with Gasteiger partial charge in [0.1, 0.15) is 0 Å². The summed E-state index contributed by atoms with van der Waals surface area (Å²) in [6.45, 7) is 0. The van der Waals surface area contributed by atoms with E-state index in [0.717, 1.165) is 10.9 Å². The summed E-state index contributed by atoms with van der Waals surface area (Å²) in [5.41, 5.74) is 5.07. The highest BCUT2D eigenvalue weighted by Gasteiger charge is 1.99. The molecule has 8 heavy (non-hydrogen) atoms. The molecule has 0 unspecified atom stereocenters. The number of hydrogen-bond donors (Lipinski definition) is 1. The van der Waals surface area contributed by atoms with Crippen molar-refractivity contribution in [3.63, 3.8) is 0 Å². The molecule has 0 aromatic carbocycles. The van der Waals surface area contributed by atoms with E-state index in [9.17, 15) is 4.79 Å². The van der Waals surface area contributed by atoms with Crippen LogP contribution in [0.5, 0.6) is 0 Å². The van der Waals surface area contributed by atoms with Gasteiger partial charge in [0.2, 0.25) is 0 Å². The third-order valence-corrected chi connectivity index (χ3v) is 1.02. The number of esters is 1. The predicted octanol–water partition coefficient (Wildman–Crippen LogP) is -0.587. The summed E-state index contributed by atoms with van der Waals surface area (Å²) in [6, 6.07) is 0. The van der Waals surface area contributed by atoms with Crippen LogP contribution in [0.1, 0.15) is 0 Å². The van der Waals surface area contributed by atoms with E-state index in [4.69, 9.17) is 5.73 Å². The third-order valence-electron chi connectivity index (χ3n) is 0.542. The van der Waals surface area contributed by atoms with Gasteiger partial charge in [-0.15, -0.1) is 10.9 Å². The minimum absolute atomic E-state index is 0.0764. The molecule has 0 heterocycles. The highest BCUT2D eigenvalue weighted by atomic mass is 32.1. The number of carbonyl (C=O) groups is 1. The quantitative estimate of drug-likeness (QED) is 0.355. The first-order valence-electron chi connectivity index (χ1n) is 1.85. The van der Waals surface area contributed by atoms with Gasteiger partial charge in [0.05, 0.1) is 7.11 Å². The first kappa shape index (κ1) is 7.39. The van der Waals surface area contributed by atoms with Gasteiger partial charge in [-0.05, 0) is 5.87 Å². The molecule has 0 aliphatic rings. The molecular weight excluding hydrogens is 126 g/mol. The zero-order valence-corrected chi connectivity index (χ0v) is 5.33. The van der Waals surface area contributed by atoms with Gasteiger partial charge >= 0.3 is 5.97 Å². The minimum Gasteiger partial charge on any atom is -0.464 e. The van der Waals surface area contributed by atoms with Gasteiger partial charge in [-0.2, -0.15) is 0 Å². The molecule has 0 radical (unpaired) electrons. The molecule has 0 bridgehead atoms. The number of carbonyl (C=O) groups excluding carboxylic acids is 1. The molecule has 0 aromatic heterocycles. The van der Waals surface area contributed by atoms with Gasteiger partial charge in [-0.1, -0.05) is 0 Å². The maximum atomic E-state index is 10.3. The van der Waals surface area contributed by atoms with E-state index in [2.05, 4.69) is 10.6 Å². The van der Waals surface area contributed by atoms with Gasteiger partial charge < -0.3 is 4.74 Å². The van der Waals surface area contributed by atoms with Crippen LogP contribution in [0.3, 0.4) is 0 Å². The van der Waals surface area contributed by atoms with Crippen molar-refractivity contribution in [1.29, 1.82) is 0 Å². The van der Waals surface area contributed by atoms with E-state index < -0.39 is 5.97 Å². The van der Waals surface area contributed by atoms with Gasteiger partial charge in [-0.25, -0.2) is 4.79 Å². The summed E-state index contributed by atoms with van der Waals surface area (Å²) < 4.78 is 4.24. The molecule has 0 rings (SSSR count). The van der Waals surface area contributed by atoms with Crippen LogP contribution >= 0.6 is 10.9 Å². The van der Waals surface area contributed by atoms with Crippen LogP contribution < -0.4 is 5.73 Å². The topological polar surface area (TPSA) is 52.3 Å². The lowest BCUT2D eigenvalue weighted by Crippen LogP contribution is -2.22. The molecule has 0 aromatic rings. The molecule has 3 nitrogen and oxygen atoms in total. The fourth-order valence-corrected chi connectivity index (χ4v) is 0.361. The van der Waals surface area contributed by atoms with E-state index >= 15 is 0 Å². The monoisotopic (exact) mass is 133 g/mol. The van der Waals surface area contributed by atoms with Crippen molar-refractivity contribution in [1.82, 2.24) is 0 Å². The summed E-state index contributed by atoms with van der Waals surface area (Å²) in [7, 11) is 2.20. The Kier molecular flexibility index (Phi) is 3.14. The third kappa shape index (κ3) is 1.90. The second-order valence-corrected chi connectivity index (χ2v) is 1.73. The zero-order chi connectivity index (χ0) is 6.57. The van der Waals surface area contributed by atoms with Crippen molar-refractivity contribution in [3.8, 4) is 0 Å². The first-order valence-corrected chi connectivity index (χ1v) is 2.83. The molecule has 4 heteroatoms. The summed E-state index contributed by atoms with van der Waals surface area (Å²) in [5.74, 6) is 2.79. The molecule has 0 saturated carbocycles. The van der Waals surface area contributed by atoms with Gasteiger partial charge in [0.15, 0.2) is 4.99 Å². The lowest BCUT2D eigenvalue weighted by Gasteiger charge is -1.91. The maximum absolute atomic E-state index is 10.3. The summed E-state index contributed by atoms with van der Waals surface area (Å²) in [4.78, 5) is 10.4. The average molecular weight is 133 g/mol. The van der Waals surface area contributed by atoms with Crippen LogP contribution in [-0.2, 0) is 9.53 Å². The predicted molar refractivity (Wildman–Crippen MR) is 35.9 cm³/mol. The van der Waals surface area contributed by atoms with Crippen LogP contribution in [0.4, 0.5) is 0 Å². The molecule has 2 N–H and O–H groups in total. The Labute approximate surface area is 51.0 Å². The molecule has 0 spiro atoms. The Morgan fingerprint density at radius 1 is 1.88 bits per heavy atom. The van der Waals surface area contributed by atoms with Crippen LogP contribution in [0.2, 0.25) is 0 Å². The Balaban J connectivity index is 4.04. The van der Waals surface area contributed by atoms with Crippen LogP contribution in [0, 0.1) is 0 Å². The number of ether oxygens (including phenoxy) is 1. The highest BCUT2D eigenvalue weighted by molar-refractivity contribution is 7.97. The van der Waals surface area contributed by atoms with Crippen molar-refractivity contribution in [2.24, 2.45) is 5.73 Å². The Morgan fingerprint density at radius 3 is 2.50 bits per heavy atom. The van der Waals surface area contributed by atoms with Crippen molar-refractivity contribution < 1.29 is 9.53 Å². The number of rotatable bonds is 0. The Bertz CT molecular complexity index is 148. The van der Waals surface area contributed by atoms with Gasteiger partial charge in [-0.3, -0.25) is 5.73 Å². The number of nitrogens with two attached hydrogens (primary N) is 1. The van der Waals surface area contributed by atoms with Crippen LogP contribution in [0.15, 0.2) is 0 Å².